The standard InChI is InChI=1S/C12H16N4O2S/c13-9(17)3-1-2-5-14-7-10-15-8-4-6-19-11(8)12(18)16-10/h4,6,14H,1-3,5,7H2,(H2,13,17)(H,15,16,18). The second kappa shape index (κ2) is 6.44. The molecular formula is C12H16N4O2S. The van der Waals surface area contributed by atoms with Crippen molar-refractivity contribution in [2.24, 2.45) is 5.73 Å². The van der Waals surface area contributed by atoms with Crippen molar-refractivity contribution < 1.29 is 4.79 Å². The predicted molar refractivity (Wildman–Crippen MR) is 75.0 cm³/mol. The third kappa shape index (κ3) is 3.87. The van der Waals surface area contributed by atoms with Crippen LogP contribution in [0.1, 0.15) is 25.1 Å². The van der Waals surface area contributed by atoms with Gasteiger partial charge in [-0.3, -0.25) is 9.59 Å². The number of nitrogens with zero attached hydrogens (tertiary/aromatic N) is 1. The summed E-state index contributed by atoms with van der Waals surface area (Å²) >= 11 is 1.39. The van der Waals surface area contributed by atoms with Gasteiger partial charge in [0.1, 0.15) is 10.5 Å². The van der Waals surface area contributed by atoms with E-state index in [1.165, 1.54) is 11.3 Å². The van der Waals surface area contributed by atoms with Gasteiger partial charge in [0.2, 0.25) is 5.91 Å². The van der Waals surface area contributed by atoms with Crippen LogP contribution < -0.4 is 16.6 Å². The lowest BCUT2D eigenvalue weighted by atomic mass is 10.2. The van der Waals surface area contributed by atoms with Crippen LogP contribution in [0.4, 0.5) is 0 Å². The number of fused-ring (bicyclic) bond motifs is 1. The van der Waals surface area contributed by atoms with Crippen LogP contribution in [0.25, 0.3) is 10.2 Å². The number of thiophene rings is 1. The Hall–Kier alpha value is -1.73. The molecule has 0 saturated carbocycles. The van der Waals surface area contributed by atoms with Gasteiger partial charge in [-0.25, -0.2) is 4.98 Å². The Morgan fingerprint density at radius 2 is 2.32 bits per heavy atom. The van der Waals surface area contributed by atoms with E-state index in [1.807, 2.05) is 11.4 Å². The second-order valence-corrected chi connectivity index (χ2v) is 5.16. The van der Waals surface area contributed by atoms with Gasteiger partial charge in [-0.1, -0.05) is 0 Å². The number of rotatable bonds is 7. The molecule has 0 atom stereocenters. The van der Waals surface area contributed by atoms with E-state index >= 15 is 0 Å². The first-order valence-electron chi connectivity index (χ1n) is 6.12. The van der Waals surface area contributed by atoms with Crippen molar-refractivity contribution in [2.75, 3.05) is 6.54 Å². The largest absolute Gasteiger partial charge is 0.370 e. The Bertz CT molecular complexity index is 619. The molecule has 2 heterocycles. The maximum atomic E-state index is 11.7. The number of H-pyrrole nitrogens is 1. The number of hydrogen-bond donors (Lipinski definition) is 3. The maximum Gasteiger partial charge on any atom is 0.268 e. The minimum atomic E-state index is -0.270. The fourth-order valence-corrected chi connectivity index (χ4v) is 2.49. The van der Waals surface area contributed by atoms with E-state index in [1.54, 1.807) is 0 Å². The Labute approximate surface area is 114 Å². The fraction of sp³-hybridized carbons (Fsp3) is 0.417. The predicted octanol–water partition coefficient (Wildman–Crippen LogP) is 0.730. The summed E-state index contributed by atoms with van der Waals surface area (Å²) < 4.78 is 0.658. The van der Waals surface area contributed by atoms with E-state index in [9.17, 15) is 9.59 Å². The SMILES string of the molecule is NC(=O)CCCCNCc1nc2ccsc2c(=O)[nH]1. The molecule has 0 saturated heterocycles. The zero-order valence-electron chi connectivity index (χ0n) is 10.4. The molecule has 0 spiro atoms. The quantitative estimate of drug-likeness (QED) is 0.651. The number of carbonyl (C=O) groups is 1. The lowest BCUT2D eigenvalue weighted by molar-refractivity contribution is -0.118. The highest BCUT2D eigenvalue weighted by Crippen LogP contribution is 2.13. The van der Waals surface area contributed by atoms with Crippen LogP contribution in [-0.4, -0.2) is 22.4 Å². The second-order valence-electron chi connectivity index (χ2n) is 4.25. The molecule has 0 aliphatic heterocycles. The van der Waals surface area contributed by atoms with Crippen LogP contribution in [0.15, 0.2) is 16.2 Å². The Morgan fingerprint density at radius 3 is 3.11 bits per heavy atom. The molecule has 0 aromatic carbocycles. The molecule has 4 N–H and O–H groups in total. The maximum absolute atomic E-state index is 11.7. The van der Waals surface area contributed by atoms with Crippen molar-refractivity contribution in [3.8, 4) is 0 Å². The summed E-state index contributed by atoms with van der Waals surface area (Å²) in [6.07, 6.45) is 2.06. The molecule has 102 valence electrons. The molecule has 0 radical (unpaired) electrons. The van der Waals surface area contributed by atoms with E-state index < -0.39 is 0 Å². The highest BCUT2D eigenvalue weighted by Gasteiger charge is 2.04. The van der Waals surface area contributed by atoms with Crippen LogP contribution in [0.3, 0.4) is 0 Å². The zero-order chi connectivity index (χ0) is 13.7. The van der Waals surface area contributed by atoms with Crippen molar-refractivity contribution in [3.05, 3.63) is 27.6 Å². The summed E-state index contributed by atoms with van der Waals surface area (Å²) in [5.41, 5.74) is 5.69. The molecule has 2 aromatic rings. The number of primary amides is 1. The summed E-state index contributed by atoms with van der Waals surface area (Å²) in [6, 6.07) is 1.84. The van der Waals surface area contributed by atoms with Crippen LogP contribution in [0.5, 0.6) is 0 Å². The monoisotopic (exact) mass is 280 g/mol. The first-order valence-corrected chi connectivity index (χ1v) is 7.00. The molecule has 0 aliphatic carbocycles. The molecule has 0 bridgehead atoms. The van der Waals surface area contributed by atoms with Crippen molar-refractivity contribution in [2.45, 2.75) is 25.8 Å². The van der Waals surface area contributed by atoms with Crippen molar-refractivity contribution in [1.82, 2.24) is 15.3 Å². The Balaban J connectivity index is 1.81. The summed E-state index contributed by atoms with van der Waals surface area (Å²) in [4.78, 5) is 29.4. The number of amides is 1. The van der Waals surface area contributed by atoms with Gasteiger partial charge in [0.05, 0.1) is 12.1 Å². The van der Waals surface area contributed by atoms with E-state index in [0.717, 1.165) is 24.9 Å². The molecular weight excluding hydrogens is 264 g/mol. The molecule has 0 aliphatic rings. The average Bonchev–Trinajstić information content (AvgIpc) is 2.82. The van der Waals surface area contributed by atoms with E-state index in [-0.39, 0.29) is 11.5 Å². The lowest BCUT2D eigenvalue weighted by Crippen LogP contribution is -2.20. The highest BCUT2D eigenvalue weighted by molar-refractivity contribution is 7.17. The molecule has 19 heavy (non-hydrogen) atoms. The topological polar surface area (TPSA) is 101 Å². The molecule has 2 rings (SSSR count). The number of aromatic amines is 1. The molecule has 7 heteroatoms. The number of unbranched alkanes of at least 4 members (excludes halogenated alkanes) is 1. The summed E-state index contributed by atoms with van der Waals surface area (Å²) in [6.45, 7) is 1.27. The normalized spacial score (nSPS) is 10.9. The number of nitrogens with two attached hydrogens (primary N) is 1. The van der Waals surface area contributed by atoms with Crippen LogP contribution in [0, 0.1) is 0 Å². The number of hydrogen-bond acceptors (Lipinski definition) is 5. The summed E-state index contributed by atoms with van der Waals surface area (Å²) in [7, 11) is 0. The number of aromatic nitrogens is 2. The number of nitrogens with one attached hydrogen (secondary N) is 2. The lowest BCUT2D eigenvalue weighted by Gasteiger charge is -2.03. The minimum Gasteiger partial charge on any atom is -0.370 e. The zero-order valence-corrected chi connectivity index (χ0v) is 11.3. The third-order valence-corrected chi connectivity index (χ3v) is 3.59. The minimum absolute atomic E-state index is 0.0921. The van der Waals surface area contributed by atoms with E-state index in [2.05, 4.69) is 15.3 Å². The van der Waals surface area contributed by atoms with Crippen LogP contribution >= 0.6 is 11.3 Å². The Kier molecular flexibility index (Phi) is 4.64. The molecule has 1 amide bonds. The van der Waals surface area contributed by atoms with Crippen molar-refractivity contribution >= 4 is 27.5 Å². The van der Waals surface area contributed by atoms with E-state index in [0.29, 0.717) is 23.5 Å². The van der Waals surface area contributed by atoms with Gasteiger partial charge in [0, 0.05) is 6.42 Å². The van der Waals surface area contributed by atoms with Crippen molar-refractivity contribution in [1.29, 1.82) is 0 Å². The summed E-state index contributed by atoms with van der Waals surface area (Å²) in [5.74, 6) is 0.361. The smallest absolute Gasteiger partial charge is 0.268 e. The van der Waals surface area contributed by atoms with Crippen molar-refractivity contribution in [3.63, 3.8) is 0 Å². The fourth-order valence-electron chi connectivity index (χ4n) is 1.76. The average molecular weight is 280 g/mol. The van der Waals surface area contributed by atoms with Crippen LogP contribution in [-0.2, 0) is 11.3 Å². The first-order chi connectivity index (χ1) is 9.16. The Morgan fingerprint density at radius 1 is 1.47 bits per heavy atom. The summed E-state index contributed by atoms with van der Waals surface area (Å²) in [5, 5.41) is 5.03. The molecule has 0 unspecified atom stereocenters. The van der Waals surface area contributed by atoms with Gasteiger partial charge >= 0.3 is 0 Å². The van der Waals surface area contributed by atoms with Gasteiger partial charge in [-0.2, -0.15) is 0 Å². The first kappa shape index (κ1) is 13.7. The molecule has 6 nitrogen and oxygen atoms in total. The van der Waals surface area contributed by atoms with Gasteiger partial charge in [0.15, 0.2) is 0 Å². The van der Waals surface area contributed by atoms with E-state index in [4.69, 9.17) is 5.73 Å². The third-order valence-electron chi connectivity index (χ3n) is 2.68. The van der Waals surface area contributed by atoms with Crippen LogP contribution in [0.2, 0.25) is 0 Å². The number of carbonyl (C=O) groups excluding carboxylic acids is 1. The van der Waals surface area contributed by atoms with Gasteiger partial charge < -0.3 is 16.0 Å². The van der Waals surface area contributed by atoms with Gasteiger partial charge in [-0.15, -0.1) is 11.3 Å². The van der Waals surface area contributed by atoms with Gasteiger partial charge in [0.25, 0.3) is 5.56 Å². The molecule has 2 aromatic heterocycles. The van der Waals surface area contributed by atoms with Gasteiger partial charge in [-0.05, 0) is 30.8 Å². The highest BCUT2D eigenvalue weighted by atomic mass is 32.1. The molecule has 0 fully saturated rings.